The van der Waals surface area contributed by atoms with Crippen molar-refractivity contribution in [3.05, 3.63) is 94.8 Å². The van der Waals surface area contributed by atoms with Crippen LogP contribution in [0.4, 0.5) is 30.7 Å². The molecule has 1 saturated carbocycles. The third-order valence-corrected chi connectivity index (χ3v) is 7.89. The molecule has 1 N–H and O–H groups in total. The van der Waals surface area contributed by atoms with Gasteiger partial charge in [-0.25, -0.2) is 4.39 Å². The molecule has 2 fully saturated rings. The van der Waals surface area contributed by atoms with Crippen molar-refractivity contribution < 1.29 is 35.5 Å². The van der Waals surface area contributed by atoms with Gasteiger partial charge in [0.2, 0.25) is 5.91 Å². The molecule has 218 valence electrons. The highest BCUT2D eigenvalue weighted by Gasteiger charge is 2.47. The largest absolute Gasteiger partial charge is 0.416 e. The SMILES string of the molecule is O=C(N(Cc1ccc(-c2ccc(F)cc2)cc1)Cc1cc(C(F)(F)F)cc(C(F)(F)F)c1)C1(CC2CC2)CCNC1. The average molecular weight is 579 g/mol. The van der Waals surface area contributed by atoms with Crippen molar-refractivity contribution in [2.75, 3.05) is 13.1 Å². The summed E-state index contributed by atoms with van der Waals surface area (Å²) >= 11 is 0. The minimum Gasteiger partial charge on any atom is -0.334 e. The smallest absolute Gasteiger partial charge is 0.334 e. The van der Waals surface area contributed by atoms with E-state index in [1.807, 2.05) is 0 Å². The Labute approximate surface area is 233 Å². The Balaban J connectivity index is 1.48. The van der Waals surface area contributed by atoms with E-state index in [1.54, 1.807) is 36.4 Å². The number of hydrogen-bond acceptors (Lipinski definition) is 2. The Morgan fingerprint density at radius 1 is 0.805 bits per heavy atom. The number of alkyl halides is 6. The normalized spacial score (nSPS) is 19.4. The van der Waals surface area contributed by atoms with Gasteiger partial charge in [-0.2, -0.15) is 26.3 Å². The van der Waals surface area contributed by atoms with Crippen LogP contribution in [0.25, 0.3) is 11.1 Å². The van der Waals surface area contributed by atoms with Crippen molar-refractivity contribution in [3.8, 4) is 11.1 Å². The van der Waals surface area contributed by atoms with Gasteiger partial charge in [0.05, 0.1) is 16.5 Å². The molecular formula is C31H29F7N2O. The maximum atomic E-state index is 14.1. The van der Waals surface area contributed by atoms with Gasteiger partial charge in [0, 0.05) is 19.6 Å². The Bertz CT molecular complexity index is 1340. The molecule has 0 bridgehead atoms. The van der Waals surface area contributed by atoms with E-state index in [9.17, 15) is 35.5 Å². The maximum Gasteiger partial charge on any atom is 0.416 e. The average Bonchev–Trinajstić information content (AvgIpc) is 3.60. The summed E-state index contributed by atoms with van der Waals surface area (Å²) in [5, 5.41) is 3.23. The zero-order valence-corrected chi connectivity index (χ0v) is 22.1. The van der Waals surface area contributed by atoms with Crippen LogP contribution in [-0.2, 0) is 30.2 Å². The second kappa shape index (κ2) is 11.1. The molecule has 1 atom stereocenters. The van der Waals surface area contributed by atoms with E-state index in [4.69, 9.17) is 0 Å². The quantitative estimate of drug-likeness (QED) is 0.276. The molecule has 1 aliphatic carbocycles. The number of carbonyl (C=O) groups is 1. The second-order valence-corrected chi connectivity index (χ2v) is 11.1. The van der Waals surface area contributed by atoms with Crippen molar-refractivity contribution >= 4 is 5.91 Å². The van der Waals surface area contributed by atoms with Gasteiger partial charge in [-0.1, -0.05) is 49.2 Å². The number of hydrogen-bond donors (Lipinski definition) is 1. The molecule has 0 aromatic heterocycles. The molecule has 1 heterocycles. The van der Waals surface area contributed by atoms with Crippen LogP contribution in [0.5, 0.6) is 0 Å². The standard InChI is InChI=1S/C31H29F7N2O/c32-27-9-7-24(8-10-27)23-5-3-21(4-6-23)17-40(28(41)29(11-12-39-19-29)16-20-1-2-20)18-22-13-25(30(33,34)35)15-26(14-22)31(36,37)38/h3-10,13-15,20,39H,1-2,11-12,16-19H2. The second-order valence-electron chi connectivity index (χ2n) is 11.1. The molecule has 5 rings (SSSR count). The molecule has 10 heteroatoms. The van der Waals surface area contributed by atoms with Gasteiger partial charge >= 0.3 is 12.4 Å². The maximum absolute atomic E-state index is 14.1. The summed E-state index contributed by atoms with van der Waals surface area (Å²) in [7, 11) is 0. The number of benzene rings is 3. The Hall–Kier alpha value is -3.40. The van der Waals surface area contributed by atoms with Gasteiger partial charge in [0.15, 0.2) is 0 Å². The van der Waals surface area contributed by atoms with Crippen LogP contribution in [0, 0.1) is 17.2 Å². The van der Waals surface area contributed by atoms with E-state index in [0.717, 1.165) is 24.0 Å². The number of nitrogens with zero attached hydrogens (tertiary/aromatic N) is 1. The lowest BCUT2D eigenvalue weighted by atomic mass is 9.80. The van der Waals surface area contributed by atoms with E-state index in [0.29, 0.717) is 49.5 Å². The fraction of sp³-hybridized carbons (Fsp3) is 0.387. The van der Waals surface area contributed by atoms with Crippen molar-refractivity contribution in [3.63, 3.8) is 0 Å². The zero-order chi connectivity index (χ0) is 29.4. The van der Waals surface area contributed by atoms with Crippen molar-refractivity contribution in [2.24, 2.45) is 11.3 Å². The van der Waals surface area contributed by atoms with Gasteiger partial charge < -0.3 is 10.2 Å². The number of rotatable bonds is 8. The van der Waals surface area contributed by atoms with Gasteiger partial charge in [0.25, 0.3) is 0 Å². The summed E-state index contributed by atoms with van der Waals surface area (Å²) in [6.45, 7) is 0.629. The van der Waals surface area contributed by atoms with Crippen molar-refractivity contribution in [2.45, 2.75) is 51.1 Å². The van der Waals surface area contributed by atoms with Crippen LogP contribution in [0.15, 0.2) is 66.7 Å². The van der Waals surface area contributed by atoms with Gasteiger partial charge in [0.1, 0.15) is 5.82 Å². The first-order valence-electron chi connectivity index (χ1n) is 13.5. The number of halogens is 7. The van der Waals surface area contributed by atoms with Gasteiger partial charge in [-0.15, -0.1) is 0 Å². The minimum absolute atomic E-state index is 0.00649. The first-order chi connectivity index (χ1) is 19.3. The summed E-state index contributed by atoms with van der Waals surface area (Å²) in [6.07, 6.45) is -6.77. The third kappa shape index (κ3) is 6.92. The predicted octanol–water partition coefficient (Wildman–Crippen LogP) is 7.84. The molecular weight excluding hydrogens is 549 g/mol. The lowest BCUT2D eigenvalue weighted by Gasteiger charge is -2.35. The highest BCUT2D eigenvalue weighted by molar-refractivity contribution is 5.83. The molecule has 3 aromatic carbocycles. The van der Waals surface area contributed by atoms with Crippen LogP contribution in [0.3, 0.4) is 0 Å². The highest BCUT2D eigenvalue weighted by Crippen LogP contribution is 2.45. The summed E-state index contributed by atoms with van der Waals surface area (Å²) in [4.78, 5) is 15.5. The summed E-state index contributed by atoms with van der Waals surface area (Å²) in [6, 6.07) is 14.5. The fourth-order valence-electron chi connectivity index (χ4n) is 5.59. The van der Waals surface area contributed by atoms with Crippen LogP contribution >= 0.6 is 0 Å². The number of nitrogens with one attached hydrogen (secondary N) is 1. The number of carbonyl (C=O) groups excluding carboxylic acids is 1. The van der Waals surface area contributed by atoms with E-state index in [1.165, 1.54) is 17.0 Å². The monoisotopic (exact) mass is 578 g/mol. The number of amides is 1. The van der Waals surface area contributed by atoms with Crippen LogP contribution in [-0.4, -0.2) is 23.9 Å². The van der Waals surface area contributed by atoms with Gasteiger partial charge in [-0.3, -0.25) is 4.79 Å². The van der Waals surface area contributed by atoms with Crippen molar-refractivity contribution in [1.29, 1.82) is 0 Å². The Kier molecular flexibility index (Phi) is 7.89. The fourth-order valence-corrected chi connectivity index (χ4v) is 5.59. The van der Waals surface area contributed by atoms with E-state index < -0.39 is 35.4 Å². The van der Waals surface area contributed by atoms with Gasteiger partial charge in [-0.05, 0) is 77.9 Å². The lowest BCUT2D eigenvalue weighted by Crippen LogP contribution is -2.45. The first kappa shape index (κ1) is 29.1. The Morgan fingerprint density at radius 2 is 1.34 bits per heavy atom. The molecule has 3 nitrogen and oxygen atoms in total. The summed E-state index contributed by atoms with van der Waals surface area (Å²) in [5.74, 6) is -0.256. The van der Waals surface area contributed by atoms with Crippen LogP contribution < -0.4 is 5.32 Å². The third-order valence-electron chi connectivity index (χ3n) is 7.89. The van der Waals surface area contributed by atoms with E-state index >= 15 is 0 Å². The molecule has 1 amide bonds. The van der Waals surface area contributed by atoms with Crippen LogP contribution in [0.1, 0.15) is 47.9 Å². The summed E-state index contributed by atoms with van der Waals surface area (Å²) in [5.41, 5.74) is -1.58. The molecule has 1 saturated heterocycles. The molecule has 1 aliphatic heterocycles. The molecule has 41 heavy (non-hydrogen) atoms. The predicted molar refractivity (Wildman–Crippen MR) is 140 cm³/mol. The van der Waals surface area contributed by atoms with E-state index in [-0.39, 0.29) is 29.9 Å². The molecule has 2 aliphatic rings. The Morgan fingerprint density at radius 3 is 1.83 bits per heavy atom. The molecule has 0 spiro atoms. The zero-order valence-electron chi connectivity index (χ0n) is 22.1. The highest BCUT2D eigenvalue weighted by atomic mass is 19.4. The topological polar surface area (TPSA) is 32.3 Å². The van der Waals surface area contributed by atoms with E-state index in [2.05, 4.69) is 5.32 Å². The van der Waals surface area contributed by atoms with Crippen molar-refractivity contribution in [1.82, 2.24) is 10.2 Å². The lowest BCUT2D eigenvalue weighted by molar-refractivity contribution is -0.143. The molecule has 0 radical (unpaired) electrons. The molecule has 3 aromatic rings. The molecule has 1 unspecified atom stereocenters. The first-order valence-corrected chi connectivity index (χ1v) is 13.5. The van der Waals surface area contributed by atoms with Crippen LogP contribution in [0.2, 0.25) is 0 Å². The summed E-state index contributed by atoms with van der Waals surface area (Å²) < 4.78 is 94.7. The minimum atomic E-state index is -4.98.